The van der Waals surface area contributed by atoms with Crippen molar-refractivity contribution in [3.63, 3.8) is 0 Å². The quantitative estimate of drug-likeness (QED) is 0.794. The van der Waals surface area contributed by atoms with Gasteiger partial charge in [-0.15, -0.1) is 0 Å². The molecule has 1 aromatic carbocycles. The lowest BCUT2D eigenvalue weighted by molar-refractivity contribution is 0.0940. The number of benzene rings is 1. The van der Waals surface area contributed by atoms with E-state index in [9.17, 15) is 9.00 Å². The zero-order valence-electron chi connectivity index (χ0n) is 11.0. The van der Waals surface area contributed by atoms with Crippen molar-refractivity contribution in [2.24, 2.45) is 0 Å². The van der Waals surface area contributed by atoms with Crippen molar-refractivity contribution >= 4 is 22.4 Å². The van der Waals surface area contributed by atoms with E-state index in [4.69, 9.17) is 5.73 Å². The maximum atomic E-state index is 12.0. The lowest BCUT2D eigenvalue weighted by atomic mass is 10.1. The molecule has 0 aromatic heterocycles. The van der Waals surface area contributed by atoms with Crippen LogP contribution in [-0.2, 0) is 10.8 Å². The number of hydrogen-bond acceptors (Lipinski definition) is 3. The summed E-state index contributed by atoms with van der Waals surface area (Å²) < 4.78 is 11.0. The first-order valence-corrected chi connectivity index (χ1v) is 7.60. The summed E-state index contributed by atoms with van der Waals surface area (Å²) in [4.78, 5) is 12.0. The monoisotopic (exact) mass is 268 g/mol. The predicted molar refractivity (Wildman–Crippen MR) is 76.1 cm³/mol. The van der Waals surface area contributed by atoms with E-state index in [1.807, 2.05) is 26.0 Å². The number of carbonyl (C=O) groups is 1. The molecule has 1 aromatic rings. The van der Waals surface area contributed by atoms with Gasteiger partial charge in [0.2, 0.25) is 0 Å². The first-order valence-electron chi connectivity index (χ1n) is 5.87. The molecule has 3 N–H and O–H groups in total. The summed E-state index contributed by atoms with van der Waals surface area (Å²) in [6, 6.07) is 5.38. The highest BCUT2D eigenvalue weighted by molar-refractivity contribution is 7.84. The second-order valence-corrected chi connectivity index (χ2v) is 6.03. The van der Waals surface area contributed by atoms with Crippen molar-refractivity contribution in [2.45, 2.75) is 26.3 Å². The standard InChI is InChI=1S/C13H20N2O2S/c1-9-5-4-6-11(12(9)14)13(16)15-10(2)7-8-18(3)17/h4-6,10H,7-8,14H2,1-3H3,(H,15,16). The lowest BCUT2D eigenvalue weighted by Crippen LogP contribution is -2.34. The van der Waals surface area contributed by atoms with E-state index in [1.54, 1.807) is 12.3 Å². The largest absolute Gasteiger partial charge is 0.398 e. The Labute approximate surface area is 110 Å². The van der Waals surface area contributed by atoms with E-state index < -0.39 is 10.8 Å². The summed E-state index contributed by atoms with van der Waals surface area (Å²) in [6.45, 7) is 3.77. The Morgan fingerprint density at radius 2 is 2.17 bits per heavy atom. The molecule has 0 aliphatic rings. The first kappa shape index (κ1) is 14.7. The third-order valence-electron chi connectivity index (χ3n) is 2.78. The Balaban J connectivity index is 2.65. The van der Waals surface area contributed by atoms with Crippen LogP contribution in [0.4, 0.5) is 5.69 Å². The van der Waals surface area contributed by atoms with Crippen LogP contribution in [0.3, 0.4) is 0 Å². The number of nitrogens with two attached hydrogens (primary N) is 1. The van der Waals surface area contributed by atoms with E-state index in [0.29, 0.717) is 23.4 Å². The van der Waals surface area contributed by atoms with E-state index in [2.05, 4.69) is 5.32 Å². The van der Waals surface area contributed by atoms with Crippen molar-refractivity contribution in [2.75, 3.05) is 17.7 Å². The van der Waals surface area contributed by atoms with Crippen LogP contribution in [0.2, 0.25) is 0 Å². The molecular formula is C13H20N2O2S. The molecule has 0 radical (unpaired) electrons. The molecular weight excluding hydrogens is 248 g/mol. The number of nitrogen functional groups attached to an aromatic ring is 1. The van der Waals surface area contributed by atoms with Gasteiger partial charge in [-0.05, 0) is 31.9 Å². The van der Waals surface area contributed by atoms with Crippen molar-refractivity contribution < 1.29 is 9.00 Å². The summed E-state index contributed by atoms with van der Waals surface area (Å²) in [6.07, 6.45) is 2.35. The minimum Gasteiger partial charge on any atom is -0.398 e. The van der Waals surface area contributed by atoms with Gasteiger partial charge in [0.05, 0.1) is 5.56 Å². The molecule has 0 aliphatic carbocycles. The molecule has 0 aliphatic heterocycles. The Bertz CT molecular complexity index is 460. The minimum absolute atomic E-state index is 0.0127. The number of carbonyl (C=O) groups excluding carboxylic acids is 1. The van der Waals surface area contributed by atoms with Gasteiger partial charge >= 0.3 is 0 Å². The zero-order chi connectivity index (χ0) is 13.7. The summed E-state index contributed by atoms with van der Waals surface area (Å²) in [5, 5.41) is 2.87. The number of hydrogen-bond donors (Lipinski definition) is 2. The first-order chi connectivity index (χ1) is 8.41. The van der Waals surface area contributed by atoms with Crippen molar-refractivity contribution in [1.82, 2.24) is 5.32 Å². The average Bonchev–Trinajstić information content (AvgIpc) is 2.30. The van der Waals surface area contributed by atoms with Crippen LogP contribution in [0.5, 0.6) is 0 Å². The number of rotatable bonds is 5. The number of para-hydroxylation sites is 1. The van der Waals surface area contributed by atoms with Crippen molar-refractivity contribution in [3.05, 3.63) is 29.3 Å². The van der Waals surface area contributed by atoms with Gasteiger partial charge in [-0.1, -0.05) is 12.1 Å². The van der Waals surface area contributed by atoms with Crippen molar-refractivity contribution in [3.8, 4) is 0 Å². The fourth-order valence-electron chi connectivity index (χ4n) is 1.60. The topological polar surface area (TPSA) is 72.2 Å². The fourth-order valence-corrected chi connectivity index (χ4v) is 2.28. The number of anilines is 1. The van der Waals surface area contributed by atoms with E-state index in [-0.39, 0.29) is 11.9 Å². The van der Waals surface area contributed by atoms with Crippen LogP contribution in [0.1, 0.15) is 29.3 Å². The molecule has 0 saturated heterocycles. The maximum Gasteiger partial charge on any atom is 0.253 e. The van der Waals surface area contributed by atoms with E-state index in [1.165, 1.54) is 0 Å². The van der Waals surface area contributed by atoms with Crippen LogP contribution in [0.15, 0.2) is 18.2 Å². The van der Waals surface area contributed by atoms with Gasteiger partial charge < -0.3 is 11.1 Å². The highest BCUT2D eigenvalue weighted by Crippen LogP contribution is 2.16. The van der Waals surface area contributed by atoms with E-state index in [0.717, 1.165) is 5.56 Å². The van der Waals surface area contributed by atoms with Gasteiger partial charge in [0, 0.05) is 34.5 Å². The number of aryl methyl sites for hydroxylation is 1. The molecule has 1 rings (SSSR count). The summed E-state index contributed by atoms with van der Waals surface area (Å²) in [7, 11) is -0.830. The predicted octanol–water partition coefficient (Wildman–Crippen LogP) is 1.46. The molecule has 0 spiro atoms. The highest BCUT2D eigenvalue weighted by atomic mass is 32.2. The smallest absolute Gasteiger partial charge is 0.253 e. The Hall–Kier alpha value is -1.36. The molecule has 4 nitrogen and oxygen atoms in total. The molecule has 0 saturated carbocycles. The molecule has 2 unspecified atom stereocenters. The molecule has 18 heavy (non-hydrogen) atoms. The minimum atomic E-state index is -0.830. The van der Waals surface area contributed by atoms with Gasteiger partial charge in [-0.25, -0.2) is 0 Å². The molecule has 0 heterocycles. The fraction of sp³-hybridized carbons (Fsp3) is 0.462. The molecule has 5 heteroatoms. The number of amides is 1. The van der Waals surface area contributed by atoms with Gasteiger partial charge in [-0.2, -0.15) is 0 Å². The van der Waals surface area contributed by atoms with Gasteiger partial charge in [0.25, 0.3) is 5.91 Å². The third kappa shape index (κ3) is 4.14. The van der Waals surface area contributed by atoms with Crippen LogP contribution < -0.4 is 11.1 Å². The van der Waals surface area contributed by atoms with Gasteiger partial charge in [0.1, 0.15) is 0 Å². The summed E-state index contributed by atoms with van der Waals surface area (Å²) in [5.74, 6) is 0.413. The van der Waals surface area contributed by atoms with Crippen LogP contribution in [0.25, 0.3) is 0 Å². The molecule has 1 amide bonds. The van der Waals surface area contributed by atoms with Gasteiger partial charge in [-0.3, -0.25) is 9.00 Å². The Morgan fingerprint density at radius 1 is 1.50 bits per heavy atom. The molecule has 0 fully saturated rings. The lowest BCUT2D eigenvalue weighted by Gasteiger charge is -2.14. The SMILES string of the molecule is Cc1cccc(C(=O)NC(C)CCS(C)=O)c1N. The maximum absolute atomic E-state index is 12.0. The van der Waals surface area contributed by atoms with Crippen LogP contribution in [-0.4, -0.2) is 28.2 Å². The highest BCUT2D eigenvalue weighted by Gasteiger charge is 2.13. The molecule has 100 valence electrons. The average molecular weight is 268 g/mol. The second kappa shape index (κ2) is 6.54. The number of nitrogens with one attached hydrogen (secondary N) is 1. The van der Waals surface area contributed by atoms with E-state index >= 15 is 0 Å². The summed E-state index contributed by atoms with van der Waals surface area (Å²) >= 11 is 0. The van der Waals surface area contributed by atoms with Gasteiger partial charge in [0.15, 0.2) is 0 Å². The van der Waals surface area contributed by atoms with Crippen LogP contribution >= 0.6 is 0 Å². The normalized spacial score (nSPS) is 13.9. The Morgan fingerprint density at radius 3 is 2.78 bits per heavy atom. The zero-order valence-corrected chi connectivity index (χ0v) is 11.8. The molecule has 2 atom stereocenters. The summed E-state index contributed by atoms with van der Waals surface area (Å²) in [5.41, 5.74) is 7.78. The Kier molecular flexibility index (Phi) is 5.34. The molecule has 0 bridgehead atoms. The van der Waals surface area contributed by atoms with Crippen molar-refractivity contribution in [1.29, 1.82) is 0 Å². The van der Waals surface area contributed by atoms with Crippen LogP contribution in [0, 0.1) is 6.92 Å². The third-order valence-corrected chi connectivity index (χ3v) is 3.60. The second-order valence-electron chi connectivity index (χ2n) is 4.48.